The summed E-state index contributed by atoms with van der Waals surface area (Å²) in [7, 11) is 0. The molecule has 0 saturated carbocycles. The summed E-state index contributed by atoms with van der Waals surface area (Å²) in [5.74, 6) is -1.18. The number of carbonyl (C=O) groups excluding carboxylic acids is 2. The van der Waals surface area contributed by atoms with Gasteiger partial charge in [0.15, 0.2) is 17.8 Å². The van der Waals surface area contributed by atoms with Gasteiger partial charge in [-0.3, -0.25) is 19.4 Å². The van der Waals surface area contributed by atoms with Crippen molar-refractivity contribution in [2.45, 2.75) is 18.9 Å². The second kappa shape index (κ2) is 10.2. The van der Waals surface area contributed by atoms with E-state index in [0.717, 1.165) is 6.20 Å². The third-order valence-corrected chi connectivity index (χ3v) is 4.88. The van der Waals surface area contributed by atoms with Gasteiger partial charge in [-0.1, -0.05) is 12.1 Å². The van der Waals surface area contributed by atoms with Gasteiger partial charge < -0.3 is 30.9 Å². The molecule has 3 aromatic rings. The number of carbonyl (C=O) groups is 2. The van der Waals surface area contributed by atoms with Gasteiger partial charge in [0.2, 0.25) is 5.91 Å². The molecule has 2 aromatic carbocycles. The molecular formula is C22H22N4O7. The van der Waals surface area contributed by atoms with Crippen LogP contribution >= 0.6 is 0 Å². The number of anilines is 1. The third-order valence-electron chi connectivity index (χ3n) is 4.88. The summed E-state index contributed by atoms with van der Waals surface area (Å²) in [5, 5.41) is 34.2. The van der Waals surface area contributed by atoms with Gasteiger partial charge in [0.05, 0.1) is 5.56 Å². The molecule has 172 valence electrons. The molecule has 0 aliphatic rings. The van der Waals surface area contributed by atoms with Gasteiger partial charge in [-0.2, -0.15) is 0 Å². The van der Waals surface area contributed by atoms with Crippen LogP contribution in [-0.2, 0) is 17.6 Å². The second-order valence-corrected chi connectivity index (χ2v) is 7.26. The SMILES string of the molecule is O=Cc1cc(C[C@H](Nc2c[nH]c(=O)[nH]c2=O)C(=O)NCCc2ccc(O)c(O)c2)ccc1O. The summed E-state index contributed by atoms with van der Waals surface area (Å²) >= 11 is 0. The minimum atomic E-state index is -0.964. The number of H-pyrrole nitrogens is 2. The fraction of sp³-hybridized carbons (Fsp3) is 0.182. The number of hydrogen-bond donors (Lipinski definition) is 7. The minimum Gasteiger partial charge on any atom is -0.507 e. The van der Waals surface area contributed by atoms with E-state index < -0.39 is 23.2 Å². The van der Waals surface area contributed by atoms with E-state index in [0.29, 0.717) is 23.8 Å². The number of amides is 1. The topological polar surface area (TPSA) is 185 Å². The molecule has 0 saturated heterocycles. The van der Waals surface area contributed by atoms with Crippen molar-refractivity contribution in [3.05, 3.63) is 80.1 Å². The maximum absolute atomic E-state index is 12.9. The Bertz CT molecular complexity index is 1280. The zero-order chi connectivity index (χ0) is 24.0. The van der Waals surface area contributed by atoms with E-state index in [9.17, 15) is 34.5 Å². The summed E-state index contributed by atoms with van der Waals surface area (Å²) < 4.78 is 0. The van der Waals surface area contributed by atoms with Crippen molar-refractivity contribution in [2.75, 3.05) is 11.9 Å². The number of phenols is 3. The van der Waals surface area contributed by atoms with E-state index in [-0.39, 0.29) is 41.5 Å². The standard InChI is InChI=1S/C22H22N4O7/c27-11-14-7-13(2-3-17(14)28)8-15(25-16-10-24-22(33)26-21(16)32)20(31)23-6-5-12-1-4-18(29)19(30)9-12/h1-4,7,9-11,15,25,28-30H,5-6,8H2,(H,23,31)(H2,24,26,32,33)/t15-/m0/s1. The maximum Gasteiger partial charge on any atom is 0.325 e. The number of aldehydes is 1. The molecule has 0 aliphatic heterocycles. The Hall–Kier alpha value is -4.54. The molecule has 0 bridgehead atoms. The van der Waals surface area contributed by atoms with Crippen LogP contribution in [0.2, 0.25) is 0 Å². The molecule has 0 spiro atoms. The highest BCUT2D eigenvalue weighted by molar-refractivity contribution is 5.85. The molecule has 33 heavy (non-hydrogen) atoms. The zero-order valence-corrected chi connectivity index (χ0v) is 17.3. The summed E-state index contributed by atoms with van der Waals surface area (Å²) in [6, 6.07) is 7.67. The lowest BCUT2D eigenvalue weighted by atomic mass is 10.0. The lowest BCUT2D eigenvalue weighted by molar-refractivity contribution is -0.121. The molecule has 0 aliphatic carbocycles. The van der Waals surface area contributed by atoms with Gasteiger partial charge >= 0.3 is 5.69 Å². The fourth-order valence-corrected chi connectivity index (χ4v) is 3.15. The first-order valence-electron chi connectivity index (χ1n) is 9.91. The number of benzene rings is 2. The highest BCUT2D eigenvalue weighted by atomic mass is 16.3. The van der Waals surface area contributed by atoms with Crippen LogP contribution in [0.5, 0.6) is 17.2 Å². The lowest BCUT2D eigenvalue weighted by Crippen LogP contribution is -2.43. The van der Waals surface area contributed by atoms with E-state index in [2.05, 4.69) is 20.6 Å². The molecule has 11 nitrogen and oxygen atoms in total. The molecule has 1 aromatic heterocycles. The molecule has 3 rings (SSSR count). The number of phenolic OH excluding ortho intramolecular Hbond substituents is 3. The van der Waals surface area contributed by atoms with Gasteiger partial charge in [0.25, 0.3) is 5.56 Å². The van der Waals surface area contributed by atoms with Gasteiger partial charge in [0.1, 0.15) is 17.5 Å². The van der Waals surface area contributed by atoms with Crippen molar-refractivity contribution in [3.63, 3.8) is 0 Å². The Balaban J connectivity index is 1.76. The van der Waals surface area contributed by atoms with Crippen molar-refractivity contribution in [1.82, 2.24) is 15.3 Å². The van der Waals surface area contributed by atoms with Crippen molar-refractivity contribution >= 4 is 17.9 Å². The van der Waals surface area contributed by atoms with Crippen LogP contribution in [-0.4, -0.2) is 50.1 Å². The van der Waals surface area contributed by atoms with E-state index in [1.54, 1.807) is 12.1 Å². The van der Waals surface area contributed by atoms with Gasteiger partial charge in [0, 0.05) is 19.2 Å². The normalized spacial score (nSPS) is 11.5. The van der Waals surface area contributed by atoms with E-state index in [4.69, 9.17) is 0 Å². The number of nitrogens with one attached hydrogen (secondary N) is 4. The van der Waals surface area contributed by atoms with Gasteiger partial charge in [-0.25, -0.2) is 4.79 Å². The molecule has 0 unspecified atom stereocenters. The number of hydrogen-bond acceptors (Lipinski definition) is 8. The average molecular weight is 454 g/mol. The number of aromatic hydroxyl groups is 3. The predicted octanol–water partition coefficient (Wildman–Crippen LogP) is 0.375. The Morgan fingerprint density at radius 2 is 1.73 bits per heavy atom. The van der Waals surface area contributed by atoms with Crippen LogP contribution < -0.4 is 21.9 Å². The van der Waals surface area contributed by atoms with Crippen LogP contribution in [0.25, 0.3) is 0 Å². The van der Waals surface area contributed by atoms with Gasteiger partial charge in [-0.05, 0) is 41.8 Å². The molecule has 0 radical (unpaired) electrons. The van der Waals surface area contributed by atoms with Crippen LogP contribution in [0.15, 0.2) is 52.2 Å². The Morgan fingerprint density at radius 3 is 2.42 bits per heavy atom. The summed E-state index contributed by atoms with van der Waals surface area (Å²) in [5.41, 5.74) is -0.158. The van der Waals surface area contributed by atoms with Crippen molar-refractivity contribution in [1.29, 1.82) is 0 Å². The fourth-order valence-electron chi connectivity index (χ4n) is 3.15. The summed E-state index contributed by atoms with van der Waals surface area (Å²) in [6.45, 7) is 0.193. The maximum atomic E-state index is 12.9. The van der Waals surface area contributed by atoms with Gasteiger partial charge in [-0.15, -0.1) is 0 Å². The number of rotatable bonds is 9. The monoisotopic (exact) mass is 454 g/mol. The number of aromatic amines is 2. The third kappa shape index (κ3) is 6.00. The zero-order valence-electron chi connectivity index (χ0n) is 17.3. The van der Waals surface area contributed by atoms with Crippen LogP contribution in [0.3, 0.4) is 0 Å². The van der Waals surface area contributed by atoms with Crippen LogP contribution in [0.4, 0.5) is 5.69 Å². The van der Waals surface area contributed by atoms with E-state index in [1.807, 2.05) is 0 Å². The van der Waals surface area contributed by atoms with Crippen molar-refractivity contribution in [3.8, 4) is 17.2 Å². The first kappa shape index (κ1) is 23.1. The second-order valence-electron chi connectivity index (χ2n) is 7.26. The van der Waals surface area contributed by atoms with Crippen molar-refractivity contribution in [2.24, 2.45) is 0 Å². The average Bonchev–Trinajstić information content (AvgIpc) is 2.78. The minimum absolute atomic E-state index is 0.0346. The Labute approximate surface area is 186 Å². The smallest absolute Gasteiger partial charge is 0.325 e. The molecule has 1 amide bonds. The summed E-state index contributed by atoms with van der Waals surface area (Å²) in [4.78, 5) is 51.7. The van der Waals surface area contributed by atoms with Crippen LogP contribution in [0.1, 0.15) is 21.5 Å². The highest BCUT2D eigenvalue weighted by Gasteiger charge is 2.21. The molecule has 11 heteroatoms. The first-order valence-corrected chi connectivity index (χ1v) is 9.91. The largest absolute Gasteiger partial charge is 0.507 e. The predicted molar refractivity (Wildman–Crippen MR) is 119 cm³/mol. The molecule has 7 N–H and O–H groups in total. The quantitative estimate of drug-likeness (QED) is 0.179. The van der Waals surface area contributed by atoms with Crippen molar-refractivity contribution < 1.29 is 24.9 Å². The molecule has 1 heterocycles. The molecular weight excluding hydrogens is 432 g/mol. The molecule has 1 atom stereocenters. The number of aromatic nitrogens is 2. The summed E-state index contributed by atoms with van der Waals surface area (Å²) in [6.07, 6.45) is 2.06. The van der Waals surface area contributed by atoms with E-state index >= 15 is 0 Å². The van der Waals surface area contributed by atoms with E-state index in [1.165, 1.54) is 24.3 Å². The van der Waals surface area contributed by atoms with Crippen LogP contribution in [0, 0.1) is 0 Å². The molecule has 0 fully saturated rings. The Kier molecular flexibility index (Phi) is 7.13. The highest BCUT2D eigenvalue weighted by Crippen LogP contribution is 2.25. The first-order chi connectivity index (χ1) is 15.8. The lowest BCUT2D eigenvalue weighted by Gasteiger charge is -2.19. The Morgan fingerprint density at radius 1 is 1.00 bits per heavy atom.